The molecule has 2 bridgehead atoms. The fourth-order valence-electron chi connectivity index (χ4n) is 5.53. The van der Waals surface area contributed by atoms with Gasteiger partial charge in [0, 0.05) is 38.3 Å². The number of hydrogen-bond donors (Lipinski definition) is 2. The first-order chi connectivity index (χ1) is 14.3. The number of nitrogens with one attached hydrogen (secondary N) is 2. The van der Waals surface area contributed by atoms with Gasteiger partial charge in [-0.15, -0.1) is 4.28 Å². The first-order valence-corrected chi connectivity index (χ1v) is 12.1. The van der Waals surface area contributed by atoms with Crippen LogP contribution in [0.25, 0.3) is 0 Å². The number of nitrogens with zero attached hydrogens (tertiary/aromatic N) is 3. The number of hydrogen-bond acceptors (Lipinski definition) is 8. The average Bonchev–Trinajstić information content (AvgIpc) is 3.54. The number of carbonyl (C=O) groups is 2. The maximum atomic E-state index is 12.9. The van der Waals surface area contributed by atoms with E-state index in [4.69, 9.17) is 8.47 Å². The number of urea groups is 1. The molecule has 0 radical (unpaired) electrons. The van der Waals surface area contributed by atoms with Crippen LogP contribution in [0.3, 0.4) is 0 Å². The molecule has 1 spiro atoms. The van der Waals surface area contributed by atoms with Crippen LogP contribution in [0, 0.1) is 5.41 Å². The summed E-state index contributed by atoms with van der Waals surface area (Å²) in [6.07, 6.45) is 5.06. The van der Waals surface area contributed by atoms with Crippen LogP contribution in [0.15, 0.2) is 0 Å². The largest absolute Gasteiger partial charge is 0.422 e. The predicted octanol–water partition coefficient (Wildman–Crippen LogP) is -0.880. The molecular formula is C18H27N5O6S. The summed E-state index contributed by atoms with van der Waals surface area (Å²) >= 11 is 0. The third-order valence-corrected chi connectivity index (χ3v) is 8.06. The molecule has 4 aliphatic heterocycles. The summed E-state index contributed by atoms with van der Waals surface area (Å²) in [5.74, 6) is -0.150. The van der Waals surface area contributed by atoms with Crippen molar-refractivity contribution < 1.29 is 26.5 Å². The van der Waals surface area contributed by atoms with Crippen LogP contribution < -0.4 is 10.6 Å². The standard InChI is InChI=1S/C18H27N5O6S/c24-16(20-11-5-18(6-11)9-21(10-18)12-1-2-12)14-4-3-13-8-22(14)17(25)23(13)29-30(26,27)28-15-7-19-15/h11-15,19H,1-10H2,(H,20,24)/t13-,14+,15-/m1/s1. The number of carbonyl (C=O) groups excluding carboxylic acids is 2. The number of fused-ring (bicyclic) bond motifs is 2. The van der Waals surface area contributed by atoms with E-state index in [0.29, 0.717) is 24.8 Å². The number of rotatable bonds is 7. The highest BCUT2D eigenvalue weighted by molar-refractivity contribution is 7.81. The first kappa shape index (κ1) is 19.2. The van der Waals surface area contributed by atoms with Crippen molar-refractivity contribution in [3.63, 3.8) is 0 Å². The highest BCUT2D eigenvalue weighted by atomic mass is 32.3. The van der Waals surface area contributed by atoms with Crippen LogP contribution in [0.4, 0.5) is 4.79 Å². The second-order valence-electron chi connectivity index (χ2n) is 9.73. The number of likely N-dealkylation sites (tertiary alicyclic amines) is 1. The third kappa shape index (κ3) is 3.38. The normalized spacial score (nSPS) is 35.3. The SMILES string of the molecule is O=C(NC1CC2(C1)CN(C1CC1)C2)[C@@H]1CC[C@@H]2CN1C(=O)N2OS(=O)(=O)O[C@@H]1CN1. The van der Waals surface area contributed by atoms with Gasteiger partial charge in [-0.2, -0.15) is 13.5 Å². The van der Waals surface area contributed by atoms with E-state index in [1.807, 2.05) is 0 Å². The molecule has 0 aromatic carbocycles. The van der Waals surface area contributed by atoms with Crippen LogP contribution >= 0.6 is 0 Å². The van der Waals surface area contributed by atoms with Crippen molar-refractivity contribution in [2.75, 3.05) is 26.2 Å². The Morgan fingerprint density at radius 3 is 2.50 bits per heavy atom. The lowest BCUT2D eigenvalue weighted by Gasteiger charge is -2.59. The summed E-state index contributed by atoms with van der Waals surface area (Å²) in [7, 11) is -4.33. The minimum atomic E-state index is -4.33. The lowest BCUT2D eigenvalue weighted by molar-refractivity contribution is -0.132. The van der Waals surface area contributed by atoms with E-state index in [0.717, 1.165) is 37.0 Å². The van der Waals surface area contributed by atoms with E-state index >= 15 is 0 Å². The molecule has 166 valence electrons. The van der Waals surface area contributed by atoms with E-state index in [1.165, 1.54) is 17.7 Å². The summed E-state index contributed by atoms with van der Waals surface area (Å²) < 4.78 is 33.6. The third-order valence-electron chi connectivity index (χ3n) is 7.25. The molecule has 4 saturated heterocycles. The smallest absolute Gasteiger partial charge is 0.352 e. The van der Waals surface area contributed by atoms with E-state index in [9.17, 15) is 18.0 Å². The molecule has 2 aliphatic carbocycles. The van der Waals surface area contributed by atoms with E-state index in [-0.39, 0.29) is 18.5 Å². The van der Waals surface area contributed by atoms with Gasteiger partial charge in [0.2, 0.25) is 5.91 Å². The maximum absolute atomic E-state index is 12.9. The zero-order valence-corrected chi connectivity index (χ0v) is 17.5. The minimum absolute atomic E-state index is 0.150. The monoisotopic (exact) mass is 441 g/mol. The summed E-state index contributed by atoms with van der Waals surface area (Å²) in [6.45, 7) is 3.01. The zero-order valence-electron chi connectivity index (χ0n) is 16.7. The molecule has 12 heteroatoms. The molecule has 11 nitrogen and oxygen atoms in total. The summed E-state index contributed by atoms with van der Waals surface area (Å²) in [4.78, 5) is 29.5. The van der Waals surface area contributed by atoms with Crippen molar-refractivity contribution in [2.24, 2.45) is 5.41 Å². The van der Waals surface area contributed by atoms with Crippen molar-refractivity contribution >= 4 is 22.3 Å². The summed E-state index contributed by atoms with van der Waals surface area (Å²) in [5, 5.41) is 6.66. The van der Waals surface area contributed by atoms with Crippen molar-refractivity contribution in [2.45, 2.75) is 68.9 Å². The molecule has 30 heavy (non-hydrogen) atoms. The number of piperidine rings is 1. The van der Waals surface area contributed by atoms with Crippen LogP contribution in [-0.2, 0) is 23.7 Å². The van der Waals surface area contributed by atoms with Crippen molar-refractivity contribution in [1.82, 2.24) is 25.5 Å². The zero-order chi connectivity index (χ0) is 20.7. The Kier molecular flexibility index (Phi) is 4.18. The van der Waals surface area contributed by atoms with Crippen LogP contribution in [0.1, 0.15) is 38.5 Å². The number of amides is 3. The highest BCUT2D eigenvalue weighted by Crippen LogP contribution is 2.51. The van der Waals surface area contributed by atoms with Gasteiger partial charge in [0.25, 0.3) is 0 Å². The summed E-state index contributed by atoms with van der Waals surface area (Å²) in [6, 6.07) is -0.612. The van der Waals surface area contributed by atoms with Crippen LogP contribution in [0.2, 0.25) is 0 Å². The van der Waals surface area contributed by atoms with Gasteiger partial charge in [-0.05, 0) is 43.9 Å². The fourth-order valence-corrected chi connectivity index (χ4v) is 6.37. The van der Waals surface area contributed by atoms with E-state index in [2.05, 4.69) is 15.5 Å². The Morgan fingerprint density at radius 1 is 1.13 bits per heavy atom. The quantitative estimate of drug-likeness (QED) is 0.487. The topological polar surface area (TPSA) is 130 Å². The molecule has 0 unspecified atom stereocenters. The predicted molar refractivity (Wildman–Crippen MR) is 102 cm³/mol. The molecule has 2 N–H and O–H groups in total. The minimum Gasteiger partial charge on any atom is -0.352 e. The van der Waals surface area contributed by atoms with Gasteiger partial charge >= 0.3 is 16.4 Å². The fraction of sp³-hybridized carbons (Fsp3) is 0.889. The Bertz CT molecular complexity index is 860. The Morgan fingerprint density at radius 2 is 1.83 bits per heavy atom. The van der Waals surface area contributed by atoms with Gasteiger partial charge < -0.3 is 10.2 Å². The van der Waals surface area contributed by atoms with Crippen molar-refractivity contribution in [3.8, 4) is 0 Å². The average molecular weight is 442 g/mol. The first-order valence-electron chi connectivity index (χ1n) is 10.8. The lowest BCUT2D eigenvalue weighted by Crippen LogP contribution is -2.67. The molecular weight excluding hydrogens is 414 g/mol. The Hall–Kier alpha value is -1.47. The molecule has 0 aromatic rings. The van der Waals surface area contributed by atoms with Gasteiger partial charge in [0.05, 0.1) is 6.04 Å². The van der Waals surface area contributed by atoms with Gasteiger partial charge in [-0.3, -0.25) is 15.0 Å². The lowest BCUT2D eigenvalue weighted by atomic mass is 9.60. The van der Waals surface area contributed by atoms with Crippen LogP contribution in [-0.4, -0.2) is 91.8 Å². The van der Waals surface area contributed by atoms with Gasteiger partial charge in [0.1, 0.15) is 12.3 Å². The van der Waals surface area contributed by atoms with Gasteiger partial charge in [-0.25, -0.2) is 8.98 Å². The van der Waals surface area contributed by atoms with E-state index < -0.39 is 34.7 Å². The molecule has 3 atom stereocenters. The van der Waals surface area contributed by atoms with Crippen LogP contribution in [0.5, 0.6) is 0 Å². The Balaban J connectivity index is 1.02. The molecule has 6 aliphatic rings. The highest BCUT2D eigenvalue weighted by Gasteiger charge is 2.56. The molecule has 3 amide bonds. The van der Waals surface area contributed by atoms with Crippen molar-refractivity contribution in [1.29, 1.82) is 0 Å². The second kappa shape index (κ2) is 6.52. The van der Waals surface area contributed by atoms with E-state index in [1.54, 1.807) is 0 Å². The number of hydroxylamine groups is 2. The second-order valence-corrected chi connectivity index (χ2v) is 10.9. The molecule has 0 aromatic heterocycles. The molecule has 2 saturated carbocycles. The van der Waals surface area contributed by atoms with Gasteiger partial charge in [0.15, 0.2) is 0 Å². The maximum Gasteiger partial charge on any atom is 0.422 e. The molecule has 4 heterocycles. The molecule has 6 rings (SSSR count). The summed E-state index contributed by atoms with van der Waals surface area (Å²) in [5.41, 5.74) is 0.386. The Labute approximate surface area is 175 Å². The molecule has 6 fully saturated rings. The van der Waals surface area contributed by atoms with Crippen molar-refractivity contribution in [3.05, 3.63) is 0 Å². The van der Waals surface area contributed by atoms with Gasteiger partial charge in [-0.1, -0.05) is 0 Å².